The van der Waals surface area contributed by atoms with E-state index in [2.05, 4.69) is 0 Å². The fraction of sp³-hybridized carbons (Fsp3) is 0.833. The van der Waals surface area contributed by atoms with Gasteiger partial charge in [0.25, 0.3) is 0 Å². The van der Waals surface area contributed by atoms with Crippen LogP contribution in [0.5, 0.6) is 0 Å². The number of ether oxygens (including phenoxy) is 1. The second kappa shape index (κ2) is 5.34. The number of aliphatic hydroxyl groups excluding tert-OH is 1. The predicted molar refractivity (Wildman–Crippen MR) is 65.8 cm³/mol. The van der Waals surface area contributed by atoms with Crippen LogP contribution in [0.3, 0.4) is 0 Å². The maximum absolute atomic E-state index is 12.2. The highest BCUT2D eigenvalue weighted by Crippen LogP contribution is 2.28. The molecule has 2 heterocycles. The molecule has 2 N–H and O–H groups in total. The molecule has 2 aliphatic heterocycles. The quantitative estimate of drug-likeness (QED) is 0.736. The average molecular weight is 272 g/mol. The van der Waals surface area contributed by atoms with E-state index in [0.29, 0.717) is 19.6 Å². The van der Waals surface area contributed by atoms with Crippen molar-refractivity contribution in [2.24, 2.45) is 0 Å². The molecule has 2 fully saturated rings. The van der Waals surface area contributed by atoms with Crippen LogP contribution < -0.4 is 0 Å². The van der Waals surface area contributed by atoms with Crippen LogP contribution in [-0.2, 0) is 9.53 Å². The fourth-order valence-electron chi connectivity index (χ4n) is 2.68. The molecule has 2 aliphatic rings. The zero-order valence-corrected chi connectivity index (χ0v) is 11.0. The molecular formula is C12H20N2O5. The number of hydrogen-bond donors (Lipinski definition) is 2. The Kier molecular flexibility index (Phi) is 3.96. The first-order valence-corrected chi connectivity index (χ1v) is 6.47. The molecule has 1 atom stereocenters. The molecule has 19 heavy (non-hydrogen) atoms. The summed E-state index contributed by atoms with van der Waals surface area (Å²) in [4.78, 5) is 26.0. The Morgan fingerprint density at radius 1 is 1.42 bits per heavy atom. The SMILES string of the molecule is CC1(OCC(=O)O)CN(C(=O)N2CCCC2CO)C1. The van der Waals surface area contributed by atoms with Gasteiger partial charge in [-0.2, -0.15) is 0 Å². The molecule has 0 spiro atoms. The van der Waals surface area contributed by atoms with E-state index in [0.717, 1.165) is 12.8 Å². The lowest BCUT2D eigenvalue weighted by molar-refractivity contribution is -0.160. The highest BCUT2D eigenvalue weighted by molar-refractivity contribution is 5.76. The van der Waals surface area contributed by atoms with Crippen LogP contribution >= 0.6 is 0 Å². The summed E-state index contributed by atoms with van der Waals surface area (Å²) < 4.78 is 5.26. The van der Waals surface area contributed by atoms with Gasteiger partial charge in [0.05, 0.1) is 25.7 Å². The molecule has 0 bridgehead atoms. The third kappa shape index (κ3) is 2.98. The van der Waals surface area contributed by atoms with Gasteiger partial charge in [-0.3, -0.25) is 0 Å². The molecule has 0 saturated carbocycles. The molecule has 1 unspecified atom stereocenters. The van der Waals surface area contributed by atoms with Crippen molar-refractivity contribution in [1.29, 1.82) is 0 Å². The number of carboxylic acids is 1. The van der Waals surface area contributed by atoms with E-state index in [9.17, 15) is 14.7 Å². The number of carbonyl (C=O) groups excluding carboxylic acids is 1. The van der Waals surface area contributed by atoms with Crippen molar-refractivity contribution in [3.8, 4) is 0 Å². The number of nitrogens with zero attached hydrogens (tertiary/aromatic N) is 2. The number of urea groups is 1. The van der Waals surface area contributed by atoms with Crippen LogP contribution in [0, 0.1) is 0 Å². The van der Waals surface area contributed by atoms with Gasteiger partial charge in [0.2, 0.25) is 0 Å². The van der Waals surface area contributed by atoms with Crippen LogP contribution in [0.15, 0.2) is 0 Å². The lowest BCUT2D eigenvalue weighted by Gasteiger charge is -2.48. The van der Waals surface area contributed by atoms with E-state index in [1.807, 2.05) is 0 Å². The largest absolute Gasteiger partial charge is 0.480 e. The molecular weight excluding hydrogens is 252 g/mol. The minimum Gasteiger partial charge on any atom is -0.480 e. The van der Waals surface area contributed by atoms with Crippen molar-refractivity contribution in [3.05, 3.63) is 0 Å². The normalized spacial score (nSPS) is 25.3. The van der Waals surface area contributed by atoms with Crippen molar-refractivity contribution >= 4 is 12.0 Å². The van der Waals surface area contributed by atoms with Gasteiger partial charge in [-0.05, 0) is 19.8 Å². The molecule has 2 amide bonds. The average Bonchev–Trinajstić information content (AvgIpc) is 2.80. The van der Waals surface area contributed by atoms with Gasteiger partial charge in [0, 0.05) is 6.54 Å². The summed E-state index contributed by atoms with van der Waals surface area (Å²) in [6, 6.07) is -0.174. The molecule has 0 aromatic rings. The Balaban J connectivity index is 1.82. The van der Waals surface area contributed by atoms with Gasteiger partial charge in [-0.15, -0.1) is 0 Å². The molecule has 0 aromatic heterocycles. The van der Waals surface area contributed by atoms with Gasteiger partial charge >= 0.3 is 12.0 Å². The van der Waals surface area contributed by atoms with E-state index < -0.39 is 11.6 Å². The first kappa shape index (κ1) is 14.1. The Morgan fingerprint density at radius 2 is 2.11 bits per heavy atom. The van der Waals surface area contributed by atoms with Gasteiger partial charge < -0.3 is 24.7 Å². The van der Waals surface area contributed by atoms with Gasteiger partial charge in [0.15, 0.2) is 0 Å². The standard InChI is InChI=1S/C12H20N2O5/c1-12(19-6-10(16)17)7-13(8-12)11(18)14-4-2-3-9(14)5-15/h9,15H,2-8H2,1H3,(H,16,17). The number of aliphatic carboxylic acids is 1. The molecule has 2 rings (SSSR count). The first-order valence-electron chi connectivity index (χ1n) is 6.47. The maximum Gasteiger partial charge on any atom is 0.329 e. The number of aliphatic hydroxyl groups is 1. The summed E-state index contributed by atoms with van der Waals surface area (Å²) >= 11 is 0. The number of likely N-dealkylation sites (tertiary alicyclic amines) is 2. The molecule has 0 radical (unpaired) electrons. The highest BCUT2D eigenvalue weighted by Gasteiger charge is 2.45. The monoisotopic (exact) mass is 272 g/mol. The zero-order chi connectivity index (χ0) is 14.0. The highest BCUT2D eigenvalue weighted by atomic mass is 16.5. The summed E-state index contributed by atoms with van der Waals surface area (Å²) in [6.07, 6.45) is 1.75. The summed E-state index contributed by atoms with van der Waals surface area (Å²) in [5, 5.41) is 17.8. The Bertz CT molecular complexity index is 367. The Labute approximate surface area is 111 Å². The Hall–Kier alpha value is -1.34. The topological polar surface area (TPSA) is 90.3 Å². The molecule has 0 aliphatic carbocycles. The zero-order valence-electron chi connectivity index (χ0n) is 11.0. The van der Waals surface area contributed by atoms with E-state index in [1.54, 1.807) is 16.7 Å². The minimum atomic E-state index is -1.01. The van der Waals surface area contributed by atoms with Crippen molar-refractivity contribution in [1.82, 2.24) is 9.80 Å². The van der Waals surface area contributed by atoms with Crippen molar-refractivity contribution in [2.45, 2.75) is 31.4 Å². The van der Waals surface area contributed by atoms with Crippen molar-refractivity contribution in [2.75, 3.05) is 32.8 Å². The second-order valence-electron chi connectivity index (χ2n) is 5.44. The summed E-state index contributed by atoms with van der Waals surface area (Å²) in [5.74, 6) is -1.01. The molecule has 0 aromatic carbocycles. The Morgan fingerprint density at radius 3 is 2.68 bits per heavy atom. The number of carboxylic acid groups (broad SMARTS) is 1. The lowest BCUT2D eigenvalue weighted by atomic mass is 9.97. The number of amides is 2. The minimum absolute atomic E-state index is 0.00758. The number of carbonyl (C=O) groups is 2. The molecule has 7 heteroatoms. The van der Waals surface area contributed by atoms with Gasteiger partial charge in [-0.25, -0.2) is 9.59 Å². The van der Waals surface area contributed by atoms with Crippen LogP contribution in [0.1, 0.15) is 19.8 Å². The second-order valence-corrected chi connectivity index (χ2v) is 5.44. The smallest absolute Gasteiger partial charge is 0.329 e. The van der Waals surface area contributed by atoms with E-state index >= 15 is 0 Å². The third-order valence-corrected chi connectivity index (χ3v) is 3.70. The van der Waals surface area contributed by atoms with E-state index in [4.69, 9.17) is 9.84 Å². The van der Waals surface area contributed by atoms with Crippen LogP contribution in [0.4, 0.5) is 4.79 Å². The van der Waals surface area contributed by atoms with Crippen LogP contribution in [-0.4, -0.2) is 76.5 Å². The van der Waals surface area contributed by atoms with E-state index in [1.165, 1.54) is 0 Å². The number of rotatable bonds is 4. The number of hydrogen-bond acceptors (Lipinski definition) is 4. The maximum atomic E-state index is 12.2. The van der Waals surface area contributed by atoms with Crippen LogP contribution in [0.25, 0.3) is 0 Å². The summed E-state index contributed by atoms with van der Waals surface area (Å²) in [7, 11) is 0. The van der Waals surface area contributed by atoms with E-state index in [-0.39, 0.29) is 25.3 Å². The summed E-state index contributed by atoms with van der Waals surface area (Å²) in [5.41, 5.74) is -0.567. The van der Waals surface area contributed by atoms with Crippen LogP contribution in [0.2, 0.25) is 0 Å². The summed E-state index contributed by atoms with van der Waals surface area (Å²) in [6.45, 7) is 2.91. The van der Waals surface area contributed by atoms with Gasteiger partial charge in [0.1, 0.15) is 12.2 Å². The predicted octanol–water partition coefficient (Wildman–Crippen LogP) is -0.261. The lowest BCUT2D eigenvalue weighted by Crippen LogP contribution is -2.66. The van der Waals surface area contributed by atoms with Crippen molar-refractivity contribution in [3.63, 3.8) is 0 Å². The molecule has 7 nitrogen and oxygen atoms in total. The third-order valence-electron chi connectivity index (χ3n) is 3.70. The van der Waals surface area contributed by atoms with Crippen molar-refractivity contribution < 1.29 is 24.5 Å². The molecule has 2 saturated heterocycles. The first-order chi connectivity index (χ1) is 8.95. The fourth-order valence-corrected chi connectivity index (χ4v) is 2.68. The van der Waals surface area contributed by atoms with Gasteiger partial charge in [-0.1, -0.05) is 0 Å². The molecule has 108 valence electrons.